The van der Waals surface area contributed by atoms with Crippen LogP contribution in [-0.2, 0) is 10.3 Å². The summed E-state index contributed by atoms with van der Waals surface area (Å²) in [7, 11) is 5.71. The van der Waals surface area contributed by atoms with Gasteiger partial charge in [0.25, 0.3) is 0 Å². The number of phenolic OH excluding ortho intramolecular Hbond substituents is 1. The molecule has 1 aliphatic rings. The van der Waals surface area contributed by atoms with Gasteiger partial charge in [0.2, 0.25) is 0 Å². The third-order valence-electron chi connectivity index (χ3n) is 5.55. The number of phenols is 1. The lowest BCUT2D eigenvalue weighted by molar-refractivity contribution is -0.0827. The maximum atomic E-state index is 13.1. The Labute approximate surface area is 166 Å². The summed E-state index contributed by atoms with van der Waals surface area (Å²) >= 11 is 0. The molecule has 0 saturated heterocycles. The number of para-hydroxylation sites is 1. The van der Waals surface area contributed by atoms with Crippen molar-refractivity contribution >= 4 is 5.97 Å². The molecule has 0 radical (unpaired) electrons. The fourth-order valence-corrected chi connectivity index (χ4v) is 4.22. The van der Waals surface area contributed by atoms with E-state index in [1.165, 1.54) is 6.07 Å². The second kappa shape index (κ2) is 8.65. The van der Waals surface area contributed by atoms with Crippen LogP contribution in [0, 0.1) is 5.92 Å². The minimum absolute atomic E-state index is 0.0618. The highest BCUT2D eigenvalue weighted by atomic mass is 16.6. The molecule has 5 nitrogen and oxygen atoms in total. The van der Waals surface area contributed by atoms with Crippen LogP contribution in [0.1, 0.15) is 41.6 Å². The molecule has 150 valence electrons. The van der Waals surface area contributed by atoms with Gasteiger partial charge in [-0.2, -0.15) is 0 Å². The maximum Gasteiger partial charge on any atom is 0.342 e. The molecule has 5 heteroatoms. The van der Waals surface area contributed by atoms with Crippen LogP contribution in [0.2, 0.25) is 0 Å². The number of hydrogen-bond acceptors (Lipinski definition) is 5. The molecule has 3 rings (SSSR count). The monoisotopic (exact) mass is 383 g/mol. The van der Waals surface area contributed by atoms with E-state index >= 15 is 0 Å². The number of methoxy groups -OCH3 is 1. The van der Waals surface area contributed by atoms with Crippen LogP contribution < -0.4 is 4.74 Å². The highest BCUT2D eigenvalue weighted by Crippen LogP contribution is 2.46. The van der Waals surface area contributed by atoms with Crippen LogP contribution in [0.4, 0.5) is 0 Å². The van der Waals surface area contributed by atoms with Gasteiger partial charge in [0.15, 0.2) is 0 Å². The lowest BCUT2D eigenvalue weighted by Crippen LogP contribution is -2.46. The first-order chi connectivity index (χ1) is 13.5. The highest BCUT2D eigenvalue weighted by Gasteiger charge is 2.46. The Morgan fingerprint density at radius 1 is 1.18 bits per heavy atom. The Morgan fingerprint density at radius 3 is 2.68 bits per heavy atom. The zero-order valence-electron chi connectivity index (χ0n) is 16.9. The molecule has 1 aliphatic carbocycles. The van der Waals surface area contributed by atoms with E-state index < -0.39 is 11.6 Å². The normalized spacial score (nSPS) is 22.1. The molecule has 0 aromatic heterocycles. The average Bonchev–Trinajstić information content (AvgIpc) is 2.69. The third-order valence-corrected chi connectivity index (χ3v) is 5.55. The van der Waals surface area contributed by atoms with Crippen LogP contribution in [0.5, 0.6) is 11.5 Å². The number of esters is 1. The molecule has 1 saturated carbocycles. The molecular weight excluding hydrogens is 354 g/mol. The van der Waals surface area contributed by atoms with Gasteiger partial charge in [-0.15, -0.1) is 0 Å². The number of carbonyl (C=O) groups excluding carboxylic acids is 1. The minimum Gasteiger partial charge on any atom is -0.507 e. The largest absolute Gasteiger partial charge is 0.507 e. The summed E-state index contributed by atoms with van der Waals surface area (Å²) in [5, 5.41) is 10.1. The fourth-order valence-electron chi connectivity index (χ4n) is 4.22. The Hall–Kier alpha value is -2.53. The zero-order valence-corrected chi connectivity index (χ0v) is 16.9. The molecule has 2 atom stereocenters. The summed E-state index contributed by atoms with van der Waals surface area (Å²) in [6.07, 6.45) is 3.81. The Kier molecular flexibility index (Phi) is 6.25. The molecule has 1 N–H and O–H groups in total. The Morgan fingerprint density at radius 2 is 1.96 bits per heavy atom. The second-order valence-corrected chi connectivity index (χ2v) is 7.73. The summed E-state index contributed by atoms with van der Waals surface area (Å²) in [5.74, 6) is 0.336. The number of ether oxygens (including phenoxy) is 2. The predicted molar refractivity (Wildman–Crippen MR) is 109 cm³/mol. The van der Waals surface area contributed by atoms with Gasteiger partial charge in [-0.3, -0.25) is 0 Å². The van der Waals surface area contributed by atoms with E-state index in [2.05, 4.69) is 4.90 Å². The molecule has 0 spiro atoms. The first kappa shape index (κ1) is 20.2. The molecule has 0 amide bonds. The predicted octanol–water partition coefficient (Wildman–Crippen LogP) is 4.20. The summed E-state index contributed by atoms with van der Waals surface area (Å²) < 4.78 is 11.7. The molecule has 0 aliphatic heterocycles. The molecule has 2 aromatic carbocycles. The van der Waals surface area contributed by atoms with Crippen molar-refractivity contribution in [3.05, 3.63) is 59.7 Å². The van der Waals surface area contributed by atoms with E-state index in [-0.39, 0.29) is 17.2 Å². The van der Waals surface area contributed by atoms with E-state index in [1.54, 1.807) is 25.3 Å². The number of hydrogen-bond donors (Lipinski definition) is 1. The highest BCUT2D eigenvalue weighted by molar-refractivity contribution is 5.92. The fraction of sp³-hybridized carbons (Fsp3) is 0.435. The zero-order chi connectivity index (χ0) is 20.1. The van der Waals surface area contributed by atoms with Crippen LogP contribution in [0.3, 0.4) is 0 Å². The third kappa shape index (κ3) is 4.14. The van der Waals surface area contributed by atoms with Gasteiger partial charge in [0.1, 0.15) is 22.7 Å². The average molecular weight is 383 g/mol. The molecular formula is C23H29NO4. The minimum atomic E-state index is -0.754. The van der Waals surface area contributed by atoms with Gasteiger partial charge < -0.3 is 19.5 Å². The molecule has 0 unspecified atom stereocenters. The van der Waals surface area contributed by atoms with Crippen molar-refractivity contribution in [3.63, 3.8) is 0 Å². The molecule has 28 heavy (non-hydrogen) atoms. The standard InChI is InChI=1S/C23H29NO4/c1-24(2)16-18-9-6-7-14-23(18,17-10-8-11-19(15-17)27-3)28-22(26)20-12-4-5-13-21(20)25/h4-5,8,10-13,15,18,25H,6-7,9,14,16H2,1-3H3/t18-,23-/m0/s1. The molecule has 0 bridgehead atoms. The van der Waals surface area contributed by atoms with Crippen molar-refractivity contribution in [2.45, 2.75) is 31.3 Å². The summed E-state index contributed by atoms with van der Waals surface area (Å²) in [6.45, 7) is 0.811. The quantitative estimate of drug-likeness (QED) is 0.758. The van der Waals surface area contributed by atoms with Crippen LogP contribution in [0.15, 0.2) is 48.5 Å². The van der Waals surface area contributed by atoms with Crippen molar-refractivity contribution in [1.82, 2.24) is 4.90 Å². The number of aromatic hydroxyl groups is 1. The summed E-state index contributed by atoms with van der Waals surface area (Å²) in [4.78, 5) is 15.2. The molecule has 1 fully saturated rings. The number of benzene rings is 2. The van der Waals surface area contributed by atoms with Gasteiger partial charge in [-0.1, -0.05) is 30.7 Å². The maximum absolute atomic E-state index is 13.1. The molecule has 2 aromatic rings. The van der Waals surface area contributed by atoms with E-state index in [4.69, 9.17) is 9.47 Å². The van der Waals surface area contributed by atoms with Crippen LogP contribution in [0.25, 0.3) is 0 Å². The summed E-state index contributed by atoms with van der Waals surface area (Å²) in [5.41, 5.74) is 0.386. The Balaban J connectivity index is 2.05. The Bertz CT molecular complexity index is 820. The van der Waals surface area contributed by atoms with Crippen LogP contribution >= 0.6 is 0 Å². The van der Waals surface area contributed by atoms with Gasteiger partial charge in [0, 0.05) is 12.5 Å². The van der Waals surface area contributed by atoms with Crippen molar-refractivity contribution < 1.29 is 19.4 Å². The van der Waals surface area contributed by atoms with Gasteiger partial charge in [-0.25, -0.2) is 4.79 Å². The first-order valence-electron chi connectivity index (χ1n) is 9.77. The summed E-state index contributed by atoms with van der Waals surface area (Å²) in [6, 6.07) is 14.3. The van der Waals surface area contributed by atoms with E-state index in [1.807, 2.05) is 38.4 Å². The topological polar surface area (TPSA) is 59.0 Å². The van der Waals surface area contributed by atoms with Gasteiger partial charge in [0.05, 0.1) is 7.11 Å². The van der Waals surface area contributed by atoms with Crippen molar-refractivity contribution in [1.29, 1.82) is 0 Å². The van der Waals surface area contributed by atoms with Crippen molar-refractivity contribution in [3.8, 4) is 11.5 Å². The van der Waals surface area contributed by atoms with Gasteiger partial charge in [-0.05, 0) is 63.2 Å². The SMILES string of the molecule is COc1cccc([C@@]2(OC(=O)c3ccccc3O)CCCC[C@H]2CN(C)C)c1. The van der Waals surface area contributed by atoms with Gasteiger partial charge >= 0.3 is 5.97 Å². The van der Waals surface area contributed by atoms with E-state index in [0.717, 1.165) is 43.5 Å². The smallest absolute Gasteiger partial charge is 0.342 e. The lowest BCUT2D eigenvalue weighted by Gasteiger charge is -2.45. The van der Waals surface area contributed by atoms with Crippen molar-refractivity contribution in [2.75, 3.05) is 27.7 Å². The second-order valence-electron chi connectivity index (χ2n) is 7.73. The lowest BCUT2D eigenvalue weighted by atomic mass is 9.71. The van der Waals surface area contributed by atoms with Crippen LogP contribution in [-0.4, -0.2) is 43.7 Å². The molecule has 0 heterocycles. The number of rotatable bonds is 6. The first-order valence-corrected chi connectivity index (χ1v) is 9.77. The van der Waals surface area contributed by atoms with E-state index in [9.17, 15) is 9.90 Å². The number of carbonyl (C=O) groups is 1. The number of nitrogens with zero attached hydrogens (tertiary/aromatic N) is 1. The van der Waals surface area contributed by atoms with Crippen molar-refractivity contribution in [2.24, 2.45) is 5.92 Å². The van der Waals surface area contributed by atoms with E-state index in [0.29, 0.717) is 0 Å².